The third kappa shape index (κ3) is 3.91. The summed E-state index contributed by atoms with van der Waals surface area (Å²) in [7, 11) is 0. The summed E-state index contributed by atoms with van der Waals surface area (Å²) in [5, 5.41) is 5.39. The minimum atomic E-state index is 0.661. The van der Waals surface area contributed by atoms with Gasteiger partial charge >= 0.3 is 0 Å². The van der Waals surface area contributed by atoms with Gasteiger partial charge in [0.2, 0.25) is 0 Å². The van der Waals surface area contributed by atoms with Crippen LogP contribution < -0.4 is 5.32 Å². The van der Waals surface area contributed by atoms with Gasteiger partial charge in [0.05, 0.1) is 0 Å². The average molecular weight is 284 g/mol. The van der Waals surface area contributed by atoms with Crippen molar-refractivity contribution < 1.29 is 0 Å². The van der Waals surface area contributed by atoms with Crippen molar-refractivity contribution >= 4 is 23.4 Å². The summed E-state index contributed by atoms with van der Waals surface area (Å²) in [6, 6.07) is 6.98. The molecule has 0 bridgehead atoms. The molecule has 1 nitrogen and oxygen atoms in total. The summed E-state index contributed by atoms with van der Waals surface area (Å²) >= 11 is 8.27. The molecule has 3 heteroatoms. The molecule has 1 aliphatic carbocycles. The van der Waals surface area contributed by atoms with E-state index >= 15 is 0 Å². The number of hydrogen-bond donors (Lipinski definition) is 1. The molecule has 2 rings (SSSR count). The first-order chi connectivity index (χ1) is 8.69. The van der Waals surface area contributed by atoms with Gasteiger partial charge in [0.15, 0.2) is 0 Å². The molecule has 2 atom stereocenters. The van der Waals surface area contributed by atoms with E-state index in [0.717, 1.165) is 16.8 Å². The van der Waals surface area contributed by atoms with Crippen LogP contribution in [-0.4, -0.2) is 17.5 Å². The summed E-state index contributed by atoms with van der Waals surface area (Å²) in [5.74, 6) is 0. The van der Waals surface area contributed by atoms with Crippen LogP contribution in [0.1, 0.15) is 36.8 Å². The van der Waals surface area contributed by atoms with Crippen molar-refractivity contribution in [2.24, 2.45) is 0 Å². The van der Waals surface area contributed by atoms with Crippen molar-refractivity contribution in [3.63, 3.8) is 0 Å². The van der Waals surface area contributed by atoms with E-state index < -0.39 is 0 Å². The van der Waals surface area contributed by atoms with E-state index in [-0.39, 0.29) is 0 Å². The van der Waals surface area contributed by atoms with Crippen LogP contribution in [0.25, 0.3) is 0 Å². The fourth-order valence-corrected chi connectivity index (χ4v) is 3.72. The molecule has 0 amide bonds. The van der Waals surface area contributed by atoms with Gasteiger partial charge in [0.25, 0.3) is 0 Å². The van der Waals surface area contributed by atoms with Gasteiger partial charge in [-0.2, -0.15) is 11.8 Å². The van der Waals surface area contributed by atoms with Crippen molar-refractivity contribution in [2.75, 3.05) is 6.26 Å². The Balaban J connectivity index is 1.87. The van der Waals surface area contributed by atoms with Crippen LogP contribution in [0.4, 0.5) is 0 Å². The zero-order chi connectivity index (χ0) is 13.0. The Kier molecular flexibility index (Phi) is 5.40. The highest BCUT2D eigenvalue weighted by atomic mass is 35.5. The van der Waals surface area contributed by atoms with Crippen molar-refractivity contribution in [2.45, 2.75) is 50.4 Å². The van der Waals surface area contributed by atoms with Crippen LogP contribution in [0.5, 0.6) is 0 Å². The van der Waals surface area contributed by atoms with Crippen LogP contribution in [0.3, 0.4) is 0 Å². The second kappa shape index (κ2) is 6.83. The van der Waals surface area contributed by atoms with E-state index in [1.54, 1.807) is 0 Å². The maximum atomic E-state index is 6.26. The molecular weight excluding hydrogens is 262 g/mol. The van der Waals surface area contributed by atoms with Gasteiger partial charge in [-0.05, 0) is 49.6 Å². The first kappa shape index (κ1) is 14.2. The molecule has 2 unspecified atom stereocenters. The third-order valence-electron chi connectivity index (χ3n) is 3.75. The van der Waals surface area contributed by atoms with Crippen LogP contribution in [-0.2, 0) is 6.54 Å². The quantitative estimate of drug-likeness (QED) is 0.878. The molecule has 1 N–H and O–H groups in total. The Morgan fingerprint density at radius 2 is 2.22 bits per heavy atom. The van der Waals surface area contributed by atoms with Gasteiger partial charge in [-0.3, -0.25) is 0 Å². The molecule has 1 aromatic rings. The number of aryl methyl sites for hydroxylation is 1. The van der Waals surface area contributed by atoms with Crippen molar-refractivity contribution in [1.29, 1.82) is 0 Å². The van der Waals surface area contributed by atoms with Crippen molar-refractivity contribution in [1.82, 2.24) is 5.32 Å². The summed E-state index contributed by atoms with van der Waals surface area (Å²) in [6.45, 7) is 2.97. The average Bonchev–Trinajstić information content (AvgIpc) is 2.38. The first-order valence-corrected chi connectivity index (χ1v) is 8.37. The van der Waals surface area contributed by atoms with Gasteiger partial charge in [0, 0.05) is 22.9 Å². The summed E-state index contributed by atoms with van der Waals surface area (Å²) < 4.78 is 0. The highest BCUT2D eigenvalue weighted by molar-refractivity contribution is 7.99. The monoisotopic (exact) mass is 283 g/mol. The van der Waals surface area contributed by atoms with E-state index in [1.807, 2.05) is 17.8 Å². The predicted molar refractivity (Wildman–Crippen MR) is 82.6 cm³/mol. The molecule has 1 saturated carbocycles. The number of halogens is 1. The molecular formula is C15H22ClNS. The predicted octanol–water partition coefficient (Wildman–Crippen LogP) is 4.41. The zero-order valence-electron chi connectivity index (χ0n) is 11.2. The first-order valence-electron chi connectivity index (χ1n) is 6.70. The molecule has 18 heavy (non-hydrogen) atoms. The molecule has 0 aliphatic heterocycles. The SMILES string of the molecule is CSC1CCCC(NCc2ccc(C)cc2Cl)C1. The van der Waals surface area contributed by atoms with Crippen molar-refractivity contribution in [3.05, 3.63) is 34.3 Å². The standard InChI is InChI=1S/C15H22ClNS/c1-11-6-7-12(15(16)8-11)10-17-13-4-3-5-14(9-13)18-2/h6-8,13-14,17H,3-5,9-10H2,1-2H3. The molecule has 0 heterocycles. The fourth-order valence-electron chi connectivity index (χ4n) is 2.59. The number of nitrogens with one attached hydrogen (secondary N) is 1. The van der Waals surface area contributed by atoms with E-state index in [0.29, 0.717) is 6.04 Å². The Hall–Kier alpha value is -0.180. The summed E-state index contributed by atoms with van der Waals surface area (Å²) in [4.78, 5) is 0. The molecule has 1 aromatic carbocycles. The second-order valence-electron chi connectivity index (χ2n) is 5.20. The highest BCUT2D eigenvalue weighted by Crippen LogP contribution is 2.27. The van der Waals surface area contributed by atoms with Crippen LogP contribution in [0.2, 0.25) is 5.02 Å². The molecule has 1 aliphatic rings. The lowest BCUT2D eigenvalue weighted by Crippen LogP contribution is -2.34. The normalized spacial score (nSPS) is 24.2. The molecule has 0 radical (unpaired) electrons. The molecule has 100 valence electrons. The minimum absolute atomic E-state index is 0.661. The maximum absolute atomic E-state index is 6.26. The largest absolute Gasteiger partial charge is 0.310 e. The van der Waals surface area contributed by atoms with Gasteiger partial charge in [0.1, 0.15) is 0 Å². The molecule has 0 aromatic heterocycles. The number of hydrogen-bond acceptors (Lipinski definition) is 2. The number of benzene rings is 1. The Morgan fingerprint density at radius 3 is 2.94 bits per heavy atom. The Morgan fingerprint density at radius 1 is 1.39 bits per heavy atom. The Labute approximate surface area is 120 Å². The van der Waals surface area contributed by atoms with Crippen LogP contribution in [0, 0.1) is 6.92 Å². The number of rotatable bonds is 4. The lowest BCUT2D eigenvalue weighted by Gasteiger charge is -2.29. The van der Waals surface area contributed by atoms with Crippen LogP contribution >= 0.6 is 23.4 Å². The number of thioether (sulfide) groups is 1. The van der Waals surface area contributed by atoms with E-state index in [9.17, 15) is 0 Å². The van der Waals surface area contributed by atoms with Gasteiger partial charge in [-0.25, -0.2) is 0 Å². The highest BCUT2D eigenvalue weighted by Gasteiger charge is 2.20. The minimum Gasteiger partial charge on any atom is -0.310 e. The van der Waals surface area contributed by atoms with Crippen molar-refractivity contribution in [3.8, 4) is 0 Å². The van der Waals surface area contributed by atoms with E-state index in [1.165, 1.54) is 36.8 Å². The lowest BCUT2D eigenvalue weighted by atomic mass is 9.95. The summed E-state index contributed by atoms with van der Waals surface area (Å²) in [6.07, 6.45) is 7.56. The zero-order valence-corrected chi connectivity index (χ0v) is 12.8. The molecule has 1 fully saturated rings. The summed E-state index contributed by atoms with van der Waals surface area (Å²) in [5.41, 5.74) is 2.44. The van der Waals surface area contributed by atoms with Gasteiger partial charge in [-0.1, -0.05) is 30.2 Å². The maximum Gasteiger partial charge on any atom is 0.0453 e. The molecule has 0 spiro atoms. The van der Waals surface area contributed by atoms with Crippen LogP contribution in [0.15, 0.2) is 18.2 Å². The van der Waals surface area contributed by atoms with Gasteiger partial charge < -0.3 is 5.32 Å². The second-order valence-corrected chi connectivity index (χ2v) is 6.74. The van der Waals surface area contributed by atoms with Gasteiger partial charge in [-0.15, -0.1) is 0 Å². The smallest absolute Gasteiger partial charge is 0.0453 e. The Bertz CT molecular complexity index is 394. The molecule has 0 saturated heterocycles. The third-order valence-corrected chi connectivity index (χ3v) is 5.20. The van der Waals surface area contributed by atoms with E-state index in [4.69, 9.17) is 11.6 Å². The lowest BCUT2D eigenvalue weighted by molar-refractivity contribution is 0.380. The fraction of sp³-hybridized carbons (Fsp3) is 0.600. The van der Waals surface area contributed by atoms with E-state index in [2.05, 4.69) is 30.6 Å². The topological polar surface area (TPSA) is 12.0 Å².